The van der Waals surface area contributed by atoms with Crippen LogP contribution in [0.15, 0.2) is 12.1 Å². The van der Waals surface area contributed by atoms with Crippen molar-refractivity contribution >= 4 is 5.97 Å². The van der Waals surface area contributed by atoms with Gasteiger partial charge in [-0.2, -0.15) is 0 Å². The maximum atomic E-state index is 10.6. The summed E-state index contributed by atoms with van der Waals surface area (Å²) in [6.45, 7) is 5.74. The fourth-order valence-corrected chi connectivity index (χ4v) is 1.57. The first-order valence-electron chi connectivity index (χ1n) is 4.96. The molecule has 0 spiro atoms. The Kier molecular flexibility index (Phi) is 3.35. The van der Waals surface area contributed by atoms with Crippen LogP contribution in [0.1, 0.15) is 36.5 Å². The number of carbonyl (C=O) groups is 1. The van der Waals surface area contributed by atoms with Gasteiger partial charge in [0.25, 0.3) is 0 Å². The molecule has 1 rings (SSSR count). The van der Waals surface area contributed by atoms with Crippen LogP contribution < -0.4 is 0 Å². The van der Waals surface area contributed by atoms with Crippen LogP contribution in [0.3, 0.4) is 0 Å². The molecule has 0 radical (unpaired) electrons. The summed E-state index contributed by atoms with van der Waals surface area (Å²) in [4.78, 5) is 10.6. The maximum Gasteiger partial charge on any atom is 0.307 e. The molecule has 1 aromatic rings. The van der Waals surface area contributed by atoms with Crippen molar-refractivity contribution in [2.75, 3.05) is 0 Å². The third-order valence-corrected chi connectivity index (χ3v) is 2.45. The Hall–Kier alpha value is -1.51. The second-order valence-corrected chi connectivity index (χ2v) is 4.06. The largest absolute Gasteiger partial charge is 0.508 e. The molecule has 0 bridgehead atoms. The van der Waals surface area contributed by atoms with Crippen LogP contribution in [0.5, 0.6) is 5.75 Å². The van der Waals surface area contributed by atoms with Crippen molar-refractivity contribution in [1.29, 1.82) is 0 Å². The molecule has 3 nitrogen and oxygen atoms in total. The first kappa shape index (κ1) is 11.6. The third kappa shape index (κ3) is 2.72. The van der Waals surface area contributed by atoms with Gasteiger partial charge in [-0.3, -0.25) is 4.79 Å². The number of aromatic hydroxyl groups is 1. The van der Waals surface area contributed by atoms with Crippen molar-refractivity contribution in [3.05, 3.63) is 28.8 Å². The van der Waals surface area contributed by atoms with Gasteiger partial charge in [0.05, 0.1) is 6.42 Å². The number of phenols is 1. The minimum Gasteiger partial charge on any atom is -0.508 e. The van der Waals surface area contributed by atoms with Gasteiger partial charge >= 0.3 is 5.97 Å². The Morgan fingerprint density at radius 3 is 2.47 bits per heavy atom. The average Bonchev–Trinajstić information content (AvgIpc) is 2.08. The number of rotatable bonds is 3. The Balaban J connectivity index is 3.17. The van der Waals surface area contributed by atoms with Gasteiger partial charge in [-0.25, -0.2) is 0 Å². The van der Waals surface area contributed by atoms with Gasteiger partial charge in [0, 0.05) is 0 Å². The Bertz CT molecular complexity index is 381. The number of phenolic OH excluding ortho intramolecular Hbond substituents is 1. The summed E-state index contributed by atoms with van der Waals surface area (Å²) in [5, 5.41) is 18.4. The molecule has 0 aliphatic carbocycles. The quantitative estimate of drug-likeness (QED) is 0.802. The fourth-order valence-electron chi connectivity index (χ4n) is 1.57. The van der Waals surface area contributed by atoms with E-state index in [1.807, 2.05) is 20.8 Å². The van der Waals surface area contributed by atoms with E-state index in [0.717, 1.165) is 16.7 Å². The molecule has 0 aliphatic heterocycles. The van der Waals surface area contributed by atoms with Crippen LogP contribution in [-0.4, -0.2) is 16.2 Å². The second-order valence-electron chi connectivity index (χ2n) is 4.06. The molecular formula is C12H16O3. The van der Waals surface area contributed by atoms with Crippen LogP contribution >= 0.6 is 0 Å². The molecule has 0 saturated heterocycles. The zero-order chi connectivity index (χ0) is 11.6. The predicted molar refractivity (Wildman–Crippen MR) is 58.3 cm³/mol. The van der Waals surface area contributed by atoms with Gasteiger partial charge in [-0.1, -0.05) is 19.9 Å². The minimum atomic E-state index is -0.849. The van der Waals surface area contributed by atoms with Gasteiger partial charge in [-0.05, 0) is 35.6 Å². The van der Waals surface area contributed by atoms with Gasteiger partial charge in [-0.15, -0.1) is 0 Å². The van der Waals surface area contributed by atoms with Crippen molar-refractivity contribution in [2.24, 2.45) is 0 Å². The first-order valence-corrected chi connectivity index (χ1v) is 4.96. The zero-order valence-corrected chi connectivity index (χ0v) is 9.24. The number of carboxylic acids is 1. The lowest BCUT2D eigenvalue weighted by Crippen LogP contribution is -2.03. The fraction of sp³-hybridized carbons (Fsp3) is 0.417. The van der Waals surface area contributed by atoms with E-state index in [1.165, 1.54) is 0 Å². The molecule has 0 aromatic heterocycles. The molecular weight excluding hydrogens is 192 g/mol. The third-order valence-electron chi connectivity index (χ3n) is 2.45. The molecule has 0 fully saturated rings. The molecule has 2 N–H and O–H groups in total. The molecule has 0 amide bonds. The van der Waals surface area contributed by atoms with Crippen LogP contribution in [0.4, 0.5) is 0 Å². The van der Waals surface area contributed by atoms with E-state index in [1.54, 1.807) is 12.1 Å². The molecule has 0 aliphatic rings. The van der Waals surface area contributed by atoms with E-state index in [-0.39, 0.29) is 18.1 Å². The normalized spacial score (nSPS) is 10.7. The van der Waals surface area contributed by atoms with Crippen LogP contribution in [0, 0.1) is 6.92 Å². The maximum absolute atomic E-state index is 10.6. The van der Waals surface area contributed by atoms with Gasteiger partial charge < -0.3 is 10.2 Å². The van der Waals surface area contributed by atoms with Crippen molar-refractivity contribution in [3.63, 3.8) is 0 Å². The van der Waals surface area contributed by atoms with E-state index in [0.29, 0.717) is 0 Å². The number of carboxylic acid groups (broad SMARTS) is 1. The van der Waals surface area contributed by atoms with E-state index in [2.05, 4.69) is 0 Å². The van der Waals surface area contributed by atoms with Gasteiger partial charge in [0.2, 0.25) is 0 Å². The highest BCUT2D eigenvalue weighted by Gasteiger charge is 2.11. The molecule has 0 unspecified atom stereocenters. The summed E-state index contributed by atoms with van der Waals surface area (Å²) in [5.74, 6) is -0.409. The number of aryl methyl sites for hydroxylation is 1. The van der Waals surface area contributed by atoms with Crippen molar-refractivity contribution in [2.45, 2.75) is 33.1 Å². The second kappa shape index (κ2) is 4.34. The lowest BCUT2D eigenvalue weighted by molar-refractivity contribution is -0.136. The number of hydrogen-bond donors (Lipinski definition) is 2. The zero-order valence-electron chi connectivity index (χ0n) is 9.24. The van der Waals surface area contributed by atoms with Crippen LogP contribution in [0.25, 0.3) is 0 Å². The van der Waals surface area contributed by atoms with E-state index >= 15 is 0 Å². The SMILES string of the molecule is Cc1cc(O)c(C(C)C)cc1CC(=O)O. The summed E-state index contributed by atoms with van der Waals surface area (Å²) in [7, 11) is 0. The van der Waals surface area contributed by atoms with Crippen LogP contribution in [-0.2, 0) is 11.2 Å². The average molecular weight is 208 g/mol. The predicted octanol–water partition coefficient (Wildman–Crippen LogP) is 2.45. The highest BCUT2D eigenvalue weighted by atomic mass is 16.4. The van der Waals surface area contributed by atoms with Crippen molar-refractivity contribution < 1.29 is 15.0 Å². The number of aliphatic carboxylic acids is 1. The highest BCUT2D eigenvalue weighted by molar-refractivity contribution is 5.71. The summed E-state index contributed by atoms with van der Waals surface area (Å²) in [5.41, 5.74) is 2.39. The molecule has 15 heavy (non-hydrogen) atoms. The Morgan fingerprint density at radius 1 is 1.40 bits per heavy atom. The Morgan fingerprint density at radius 2 is 2.00 bits per heavy atom. The summed E-state index contributed by atoms with van der Waals surface area (Å²) >= 11 is 0. The lowest BCUT2D eigenvalue weighted by Gasteiger charge is -2.12. The molecule has 1 aromatic carbocycles. The minimum absolute atomic E-state index is 0.00579. The van der Waals surface area contributed by atoms with Crippen LogP contribution in [0.2, 0.25) is 0 Å². The van der Waals surface area contributed by atoms with Crippen molar-refractivity contribution in [1.82, 2.24) is 0 Å². The smallest absolute Gasteiger partial charge is 0.307 e. The standard InChI is InChI=1S/C12H16O3/c1-7(2)10-5-9(6-12(14)15)8(3)4-11(10)13/h4-5,7,13H,6H2,1-3H3,(H,14,15). The number of benzene rings is 1. The topological polar surface area (TPSA) is 57.5 Å². The summed E-state index contributed by atoms with van der Waals surface area (Å²) in [6, 6.07) is 3.41. The first-order chi connectivity index (χ1) is 6.91. The molecule has 0 saturated carbocycles. The van der Waals surface area contributed by atoms with Crippen molar-refractivity contribution in [3.8, 4) is 5.75 Å². The monoisotopic (exact) mass is 208 g/mol. The van der Waals surface area contributed by atoms with E-state index < -0.39 is 5.97 Å². The van der Waals surface area contributed by atoms with E-state index in [4.69, 9.17) is 5.11 Å². The van der Waals surface area contributed by atoms with Gasteiger partial charge in [0.15, 0.2) is 0 Å². The van der Waals surface area contributed by atoms with E-state index in [9.17, 15) is 9.90 Å². The number of hydrogen-bond acceptors (Lipinski definition) is 2. The Labute approximate surface area is 89.4 Å². The van der Waals surface area contributed by atoms with Gasteiger partial charge in [0.1, 0.15) is 5.75 Å². The molecule has 0 heterocycles. The summed E-state index contributed by atoms with van der Waals surface area (Å²) in [6.07, 6.45) is 0.00579. The highest BCUT2D eigenvalue weighted by Crippen LogP contribution is 2.28. The lowest BCUT2D eigenvalue weighted by atomic mass is 9.95. The summed E-state index contributed by atoms with van der Waals surface area (Å²) < 4.78 is 0. The molecule has 3 heteroatoms. The molecule has 82 valence electrons. The molecule has 0 atom stereocenters.